The van der Waals surface area contributed by atoms with Crippen molar-refractivity contribution >= 4 is 17.6 Å². The van der Waals surface area contributed by atoms with Crippen LogP contribution in [0.25, 0.3) is 0 Å². The molecule has 16 heavy (non-hydrogen) atoms. The molecule has 1 rings (SSSR count). The molecule has 0 saturated carbocycles. The first-order valence-electron chi connectivity index (χ1n) is 4.68. The summed E-state index contributed by atoms with van der Waals surface area (Å²) < 4.78 is 0. The van der Waals surface area contributed by atoms with E-state index < -0.39 is 11.6 Å². The Labute approximate surface area is 92.7 Å². The lowest BCUT2D eigenvalue weighted by Crippen LogP contribution is -2.33. The van der Waals surface area contributed by atoms with Crippen LogP contribution in [0, 0.1) is 0 Å². The summed E-state index contributed by atoms with van der Waals surface area (Å²) in [6.07, 6.45) is 0. The largest absolute Gasteiger partial charge is 0.479 e. The first-order valence-corrected chi connectivity index (χ1v) is 4.68. The maximum atomic E-state index is 10.9. The Hall–Kier alpha value is -1.88. The van der Waals surface area contributed by atoms with Crippen LogP contribution in [0.2, 0.25) is 0 Å². The van der Waals surface area contributed by atoms with Crippen molar-refractivity contribution in [3.05, 3.63) is 29.8 Å². The zero-order valence-electron chi connectivity index (χ0n) is 9.02. The Morgan fingerprint density at radius 1 is 1.31 bits per heavy atom. The molecule has 0 fully saturated rings. The Balaban J connectivity index is 3.22. The van der Waals surface area contributed by atoms with Crippen LogP contribution in [0.3, 0.4) is 0 Å². The van der Waals surface area contributed by atoms with Gasteiger partial charge in [-0.15, -0.1) is 0 Å². The monoisotopic (exact) mass is 223 g/mol. The predicted octanol–water partition coefficient (Wildman–Crippen LogP) is 0.937. The summed E-state index contributed by atoms with van der Waals surface area (Å²) in [7, 11) is 0. The minimum atomic E-state index is -2.03. The van der Waals surface area contributed by atoms with Gasteiger partial charge in [0.05, 0.1) is 0 Å². The predicted molar refractivity (Wildman–Crippen MR) is 58.0 cm³/mol. The van der Waals surface area contributed by atoms with E-state index in [2.05, 4.69) is 5.32 Å². The van der Waals surface area contributed by atoms with E-state index in [1.165, 1.54) is 19.1 Å². The molecule has 0 spiro atoms. The summed E-state index contributed by atoms with van der Waals surface area (Å²) >= 11 is 0. The molecule has 0 aliphatic heterocycles. The Bertz CT molecular complexity index is 426. The van der Waals surface area contributed by atoms with Gasteiger partial charge in [-0.2, -0.15) is 0 Å². The Morgan fingerprint density at radius 2 is 1.88 bits per heavy atom. The molecule has 5 nitrogen and oxygen atoms in total. The topological polar surface area (TPSA) is 86.6 Å². The van der Waals surface area contributed by atoms with Crippen LogP contribution in [0.5, 0.6) is 0 Å². The lowest BCUT2D eigenvalue weighted by molar-refractivity contribution is -0.157. The van der Waals surface area contributed by atoms with Crippen LogP contribution in [0.1, 0.15) is 19.4 Å². The van der Waals surface area contributed by atoms with Gasteiger partial charge in [0, 0.05) is 18.2 Å². The normalized spacial score (nSPS) is 13.9. The molecule has 0 unspecified atom stereocenters. The van der Waals surface area contributed by atoms with E-state index in [-0.39, 0.29) is 11.5 Å². The molecule has 1 atom stereocenters. The molecule has 0 aliphatic rings. The second-order valence-corrected chi connectivity index (χ2v) is 3.60. The number of amides is 1. The van der Waals surface area contributed by atoms with Gasteiger partial charge in [0.1, 0.15) is 0 Å². The molecule has 0 bridgehead atoms. The van der Waals surface area contributed by atoms with Gasteiger partial charge in [-0.25, -0.2) is 4.79 Å². The third-order valence-corrected chi connectivity index (χ3v) is 2.18. The van der Waals surface area contributed by atoms with Crippen LogP contribution in [0.4, 0.5) is 5.69 Å². The standard InChI is InChI=1S/C11H13NO4/c1-7(13)12-9-6-4-3-5-8(9)11(2,16)10(14)15/h3-6,16H,1-2H3,(H,12,13)(H,14,15)/t11-/m0/s1. The van der Waals surface area contributed by atoms with Gasteiger partial charge < -0.3 is 15.5 Å². The molecule has 0 aromatic heterocycles. The van der Waals surface area contributed by atoms with Crippen LogP contribution in [0.15, 0.2) is 24.3 Å². The zero-order chi connectivity index (χ0) is 12.3. The first-order chi connectivity index (χ1) is 7.35. The number of carbonyl (C=O) groups is 2. The zero-order valence-corrected chi connectivity index (χ0v) is 9.02. The van der Waals surface area contributed by atoms with E-state index in [9.17, 15) is 14.7 Å². The number of aliphatic carboxylic acids is 1. The van der Waals surface area contributed by atoms with E-state index >= 15 is 0 Å². The summed E-state index contributed by atoms with van der Waals surface area (Å²) in [5, 5.41) is 21.2. The van der Waals surface area contributed by atoms with Crippen LogP contribution in [-0.2, 0) is 15.2 Å². The molecular formula is C11H13NO4. The van der Waals surface area contributed by atoms with Crippen molar-refractivity contribution in [3.63, 3.8) is 0 Å². The second kappa shape index (κ2) is 4.32. The van der Waals surface area contributed by atoms with Crippen molar-refractivity contribution in [3.8, 4) is 0 Å². The molecule has 86 valence electrons. The fraction of sp³-hybridized carbons (Fsp3) is 0.273. The SMILES string of the molecule is CC(=O)Nc1ccccc1[C@](C)(O)C(=O)O. The average molecular weight is 223 g/mol. The summed E-state index contributed by atoms with van der Waals surface area (Å²) in [5.74, 6) is -1.70. The van der Waals surface area contributed by atoms with Gasteiger partial charge in [0.15, 0.2) is 5.60 Å². The number of carbonyl (C=O) groups excluding carboxylic acids is 1. The molecule has 1 amide bonds. The summed E-state index contributed by atoms with van der Waals surface area (Å²) in [4.78, 5) is 21.8. The second-order valence-electron chi connectivity index (χ2n) is 3.60. The minimum absolute atomic E-state index is 0.151. The number of para-hydroxylation sites is 1. The Morgan fingerprint density at radius 3 is 2.38 bits per heavy atom. The average Bonchev–Trinajstić information content (AvgIpc) is 2.17. The van der Waals surface area contributed by atoms with E-state index in [4.69, 9.17) is 5.11 Å². The molecule has 5 heteroatoms. The first kappa shape index (κ1) is 12.2. The highest BCUT2D eigenvalue weighted by Crippen LogP contribution is 2.28. The lowest BCUT2D eigenvalue weighted by Gasteiger charge is -2.21. The highest BCUT2D eigenvalue weighted by Gasteiger charge is 2.34. The molecule has 3 N–H and O–H groups in total. The molecule has 0 aliphatic carbocycles. The number of carboxylic acids is 1. The quantitative estimate of drug-likeness (QED) is 0.711. The number of hydrogen-bond acceptors (Lipinski definition) is 3. The van der Waals surface area contributed by atoms with Crippen molar-refractivity contribution < 1.29 is 19.8 Å². The lowest BCUT2D eigenvalue weighted by atomic mass is 9.94. The summed E-state index contributed by atoms with van der Waals surface area (Å²) in [6.45, 7) is 2.47. The van der Waals surface area contributed by atoms with Gasteiger partial charge in [0.2, 0.25) is 5.91 Å². The number of anilines is 1. The molecule has 1 aromatic carbocycles. The van der Waals surface area contributed by atoms with E-state index in [0.29, 0.717) is 5.69 Å². The van der Waals surface area contributed by atoms with Crippen LogP contribution >= 0.6 is 0 Å². The van der Waals surface area contributed by atoms with Gasteiger partial charge in [0.25, 0.3) is 0 Å². The van der Waals surface area contributed by atoms with E-state index in [1.54, 1.807) is 12.1 Å². The van der Waals surface area contributed by atoms with Gasteiger partial charge in [-0.3, -0.25) is 4.79 Å². The highest BCUT2D eigenvalue weighted by molar-refractivity contribution is 5.91. The fourth-order valence-corrected chi connectivity index (χ4v) is 1.32. The van der Waals surface area contributed by atoms with E-state index in [1.807, 2.05) is 0 Å². The van der Waals surface area contributed by atoms with Crippen molar-refractivity contribution in [2.45, 2.75) is 19.4 Å². The van der Waals surface area contributed by atoms with Crippen molar-refractivity contribution in [1.29, 1.82) is 0 Å². The van der Waals surface area contributed by atoms with Gasteiger partial charge in [-0.05, 0) is 13.0 Å². The summed E-state index contributed by atoms with van der Waals surface area (Å²) in [5.41, 5.74) is -1.58. The number of carboxylic acid groups (broad SMARTS) is 1. The van der Waals surface area contributed by atoms with Gasteiger partial charge >= 0.3 is 5.97 Å². The highest BCUT2D eigenvalue weighted by atomic mass is 16.4. The van der Waals surface area contributed by atoms with Crippen molar-refractivity contribution in [1.82, 2.24) is 0 Å². The Kier molecular flexibility index (Phi) is 3.29. The number of aliphatic hydroxyl groups is 1. The van der Waals surface area contributed by atoms with Crippen LogP contribution < -0.4 is 5.32 Å². The third-order valence-electron chi connectivity index (χ3n) is 2.18. The summed E-state index contributed by atoms with van der Waals surface area (Å²) in [6, 6.07) is 6.23. The molecule has 0 saturated heterocycles. The minimum Gasteiger partial charge on any atom is -0.479 e. The maximum Gasteiger partial charge on any atom is 0.340 e. The molecule has 1 aromatic rings. The third kappa shape index (κ3) is 2.38. The molecular weight excluding hydrogens is 210 g/mol. The van der Waals surface area contributed by atoms with Crippen LogP contribution in [-0.4, -0.2) is 22.1 Å². The number of hydrogen-bond donors (Lipinski definition) is 3. The smallest absolute Gasteiger partial charge is 0.340 e. The maximum absolute atomic E-state index is 10.9. The fourth-order valence-electron chi connectivity index (χ4n) is 1.32. The number of benzene rings is 1. The number of nitrogens with one attached hydrogen (secondary N) is 1. The van der Waals surface area contributed by atoms with E-state index in [0.717, 1.165) is 6.92 Å². The number of rotatable bonds is 3. The molecule has 0 heterocycles. The van der Waals surface area contributed by atoms with Crippen molar-refractivity contribution in [2.75, 3.05) is 5.32 Å². The molecule has 0 radical (unpaired) electrons. The van der Waals surface area contributed by atoms with Crippen molar-refractivity contribution in [2.24, 2.45) is 0 Å². The van der Waals surface area contributed by atoms with Gasteiger partial charge in [-0.1, -0.05) is 18.2 Å².